The normalized spacial score (nSPS) is 27.5. The highest BCUT2D eigenvalue weighted by Gasteiger charge is 2.53. The van der Waals surface area contributed by atoms with Gasteiger partial charge in [-0.2, -0.15) is 9.36 Å². The number of nitrogens with zero attached hydrogens (tertiary/aromatic N) is 5. The van der Waals surface area contributed by atoms with E-state index in [1.54, 1.807) is 6.08 Å². The Kier molecular flexibility index (Phi) is 6.17. The van der Waals surface area contributed by atoms with Crippen LogP contribution in [0.15, 0.2) is 28.1 Å². The Morgan fingerprint density at radius 3 is 2.72 bits per heavy atom. The lowest BCUT2D eigenvalue weighted by Gasteiger charge is -2.50. The van der Waals surface area contributed by atoms with Crippen molar-refractivity contribution in [3.63, 3.8) is 0 Å². The third-order valence-electron chi connectivity index (χ3n) is 6.91. The Balaban J connectivity index is 1.33. The molecule has 14 nitrogen and oxygen atoms in total. The van der Waals surface area contributed by atoms with Gasteiger partial charge in [0.15, 0.2) is 5.13 Å². The first-order valence-electron chi connectivity index (χ1n) is 11.4. The lowest BCUT2D eigenvalue weighted by molar-refractivity contribution is -0.155. The second-order valence-electron chi connectivity index (χ2n) is 8.91. The molecule has 1 aromatic rings. The van der Waals surface area contributed by atoms with Gasteiger partial charge in [0.25, 0.3) is 11.8 Å². The number of rotatable bonds is 6. The Labute approximate surface area is 208 Å². The minimum absolute atomic E-state index is 0.0683. The van der Waals surface area contributed by atoms with Crippen molar-refractivity contribution in [1.82, 2.24) is 29.8 Å². The second-order valence-corrected chi connectivity index (χ2v) is 9.70. The van der Waals surface area contributed by atoms with Gasteiger partial charge in [0.2, 0.25) is 17.4 Å². The summed E-state index contributed by atoms with van der Waals surface area (Å²) in [5.74, 6) is -3.07. The lowest BCUT2D eigenvalue weighted by atomic mass is 9.83. The molecule has 3 atom stereocenters. The molecule has 0 radical (unpaired) electrons. The zero-order chi connectivity index (χ0) is 25.6. The molecule has 0 aliphatic carbocycles. The van der Waals surface area contributed by atoms with Crippen LogP contribution in [0.2, 0.25) is 0 Å². The van der Waals surface area contributed by atoms with Crippen molar-refractivity contribution >= 4 is 46.1 Å². The average molecular weight is 517 g/mol. The Morgan fingerprint density at radius 1 is 1.28 bits per heavy atom. The number of nitrogen functional groups attached to an aromatic ring is 1. The summed E-state index contributed by atoms with van der Waals surface area (Å²) in [6.07, 6.45) is 3.70. The van der Waals surface area contributed by atoms with Crippen LogP contribution < -0.4 is 16.4 Å². The van der Waals surface area contributed by atoms with E-state index < -0.39 is 35.6 Å². The first kappa shape index (κ1) is 23.9. The standard InChI is InChI=1S/C21H24N8O6S/c22-21-25-16(27-36-21)14(26-35)17(30)24-13-12-2-1-9(15(20(33)34)29(12)19(13)32)7-10-4-6-28(18(10)31)11-3-5-23-8-11/h7,11-13,23,35H,1-6,8H2,(H,24,30)(H,33,34)(H2,22,25,27)/b10-7+,26-14+. The number of carboxylic acids is 1. The average Bonchev–Trinajstić information content (AvgIpc) is 3.60. The summed E-state index contributed by atoms with van der Waals surface area (Å²) in [6, 6.07) is -1.47. The number of aromatic nitrogens is 2. The molecule has 3 saturated heterocycles. The van der Waals surface area contributed by atoms with E-state index in [1.165, 1.54) is 0 Å². The first-order chi connectivity index (χ1) is 17.3. The SMILES string of the molecule is Nc1nc(/C(=N\O)C(=O)NC2C(=O)N3C(C(=O)O)=C(/C=C4\CCN(C5CCNC5)C4=O)CCC23)ns1. The van der Waals surface area contributed by atoms with E-state index in [9.17, 15) is 29.5 Å². The summed E-state index contributed by atoms with van der Waals surface area (Å²) in [5, 5.41) is 27.9. The van der Waals surface area contributed by atoms with Crippen molar-refractivity contribution in [3.05, 3.63) is 28.7 Å². The predicted octanol–water partition coefficient (Wildman–Crippen LogP) is -1.35. The van der Waals surface area contributed by atoms with Gasteiger partial charge in [-0.3, -0.25) is 19.3 Å². The van der Waals surface area contributed by atoms with E-state index in [2.05, 4.69) is 25.1 Å². The number of likely N-dealkylation sites (tertiary alicyclic amines) is 1. The molecule has 1 aromatic heterocycles. The number of hydrogen-bond acceptors (Lipinski definition) is 11. The van der Waals surface area contributed by atoms with Crippen LogP contribution in [-0.2, 0) is 19.2 Å². The number of allylic oxidation sites excluding steroid dienone is 2. The van der Waals surface area contributed by atoms with Crippen LogP contribution in [0.3, 0.4) is 0 Å². The Morgan fingerprint density at radius 2 is 2.08 bits per heavy atom. The van der Waals surface area contributed by atoms with Crippen LogP contribution in [0.1, 0.15) is 31.5 Å². The van der Waals surface area contributed by atoms with Gasteiger partial charge in [-0.15, -0.1) is 0 Å². The fourth-order valence-electron chi connectivity index (χ4n) is 5.20. The predicted molar refractivity (Wildman–Crippen MR) is 125 cm³/mol. The third-order valence-corrected chi connectivity index (χ3v) is 7.46. The van der Waals surface area contributed by atoms with Gasteiger partial charge < -0.3 is 31.6 Å². The summed E-state index contributed by atoms with van der Waals surface area (Å²) in [6.45, 7) is 2.19. The van der Waals surface area contributed by atoms with Crippen LogP contribution in [0, 0.1) is 0 Å². The van der Waals surface area contributed by atoms with E-state index in [4.69, 9.17) is 5.73 Å². The minimum atomic E-state index is -1.29. The van der Waals surface area contributed by atoms with Gasteiger partial charge in [-0.05, 0) is 43.9 Å². The fraction of sp³-hybridized carbons (Fsp3) is 0.476. The zero-order valence-electron chi connectivity index (χ0n) is 19.0. The molecule has 0 spiro atoms. The molecule has 4 aliphatic heterocycles. The molecule has 3 unspecified atom stereocenters. The summed E-state index contributed by atoms with van der Waals surface area (Å²) >= 11 is 0.809. The first-order valence-corrected chi connectivity index (χ1v) is 12.2. The summed E-state index contributed by atoms with van der Waals surface area (Å²) in [4.78, 5) is 57.4. The Bertz CT molecular complexity index is 1230. The van der Waals surface area contributed by atoms with Crippen molar-refractivity contribution in [2.24, 2.45) is 5.16 Å². The van der Waals surface area contributed by atoms with Gasteiger partial charge >= 0.3 is 5.97 Å². The zero-order valence-corrected chi connectivity index (χ0v) is 19.8. The maximum atomic E-state index is 12.9. The highest BCUT2D eigenvalue weighted by Crippen LogP contribution is 2.38. The van der Waals surface area contributed by atoms with E-state index in [1.807, 2.05) is 4.90 Å². The molecule has 0 bridgehead atoms. The van der Waals surface area contributed by atoms with Crippen LogP contribution in [0.4, 0.5) is 5.13 Å². The van der Waals surface area contributed by atoms with Crippen molar-refractivity contribution < 1.29 is 29.5 Å². The van der Waals surface area contributed by atoms with Gasteiger partial charge in [-0.25, -0.2) is 4.79 Å². The smallest absolute Gasteiger partial charge is 0.352 e. The molecule has 15 heteroatoms. The number of carbonyl (C=O) groups is 4. The molecule has 0 aromatic carbocycles. The van der Waals surface area contributed by atoms with Crippen LogP contribution >= 0.6 is 11.5 Å². The maximum absolute atomic E-state index is 12.9. The third kappa shape index (κ3) is 3.99. The lowest BCUT2D eigenvalue weighted by Crippen LogP contribution is -2.72. The molecule has 3 fully saturated rings. The van der Waals surface area contributed by atoms with Crippen LogP contribution in [0.5, 0.6) is 0 Å². The molecular weight excluding hydrogens is 492 g/mol. The number of anilines is 1. The summed E-state index contributed by atoms with van der Waals surface area (Å²) in [7, 11) is 0. The number of hydrogen-bond donors (Lipinski definition) is 5. The molecule has 4 aliphatic rings. The highest BCUT2D eigenvalue weighted by molar-refractivity contribution is 7.09. The van der Waals surface area contributed by atoms with Crippen molar-refractivity contribution in [2.75, 3.05) is 25.4 Å². The number of aliphatic carboxylic acids is 1. The topological polar surface area (TPSA) is 203 Å². The Hall–Kier alpha value is -3.85. The van der Waals surface area contributed by atoms with Crippen molar-refractivity contribution in [1.29, 1.82) is 0 Å². The number of fused-ring (bicyclic) bond motifs is 1. The van der Waals surface area contributed by atoms with E-state index in [0.717, 1.165) is 35.9 Å². The molecule has 3 amide bonds. The molecule has 5 rings (SSSR count). The minimum Gasteiger partial charge on any atom is -0.477 e. The number of nitrogens with two attached hydrogens (primary N) is 1. The number of nitrogens with one attached hydrogen (secondary N) is 2. The monoisotopic (exact) mass is 516 g/mol. The summed E-state index contributed by atoms with van der Waals surface area (Å²) < 4.78 is 3.82. The number of carbonyl (C=O) groups excluding carboxylic acids is 3. The molecule has 0 saturated carbocycles. The molecule has 36 heavy (non-hydrogen) atoms. The molecular formula is C21H24N8O6S. The summed E-state index contributed by atoms with van der Waals surface area (Å²) in [5.41, 5.74) is 5.75. The van der Waals surface area contributed by atoms with Crippen molar-refractivity contribution in [2.45, 2.75) is 43.8 Å². The molecule has 5 heterocycles. The van der Waals surface area contributed by atoms with Gasteiger partial charge in [0.1, 0.15) is 11.7 Å². The van der Waals surface area contributed by atoms with Gasteiger partial charge in [0, 0.05) is 36.2 Å². The number of carboxylic acid groups (broad SMARTS) is 1. The van der Waals surface area contributed by atoms with E-state index in [0.29, 0.717) is 37.0 Å². The second kappa shape index (κ2) is 9.31. The number of β-lactam (4-membered cyclic amide) rings is 1. The quantitative estimate of drug-likeness (QED) is 0.0988. The maximum Gasteiger partial charge on any atom is 0.352 e. The largest absolute Gasteiger partial charge is 0.477 e. The van der Waals surface area contributed by atoms with Gasteiger partial charge in [0.05, 0.1) is 6.04 Å². The molecule has 6 N–H and O–H groups in total. The van der Waals surface area contributed by atoms with Crippen molar-refractivity contribution in [3.8, 4) is 0 Å². The van der Waals surface area contributed by atoms with E-state index in [-0.39, 0.29) is 28.6 Å². The molecule has 190 valence electrons. The number of amides is 3. The van der Waals surface area contributed by atoms with Crippen LogP contribution in [0.25, 0.3) is 0 Å². The van der Waals surface area contributed by atoms with Gasteiger partial charge in [-0.1, -0.05) is 5.16 Å². The fourth-order valence-corrected chi connectivity index (χ4v) is 5.63. The van der Waals surface area contributed by atoms with Crippen LogP contribution in [-0.4, -0.2) is 96.6 Å². The number of oxime groups is 1. The highest BCUT2D eigenvalue weighted by atomic mass is 32.1. The van der Waals surface area contributed by atoms with E-state index >= 15 is 0 Å².